The number of nitrogens with zero attached hydrogens (tertiary/aromatic N) is 2. The number of carbonyl (C=O) groups excluding carboxylic acids is 1. The van der Waals surface area contributed by atoms with Crippen LogP contribution >= 0.6 is 43.2 Å². The van der Waals surface area contributed by atoms with Gasteiger partial charge in [-0.15, -0.1) is 11.3 Å². The minimum Gasteiger partial charge on any atom is -0.496 e. The maximum atomic E-state index is 12.1. The van der Waals surface area contributed by atoms with Crippen molar-refractivity contribution in [2.75, 3.05) is 7.11 Å². The standard InChI is InChI=1S/C17H12Br2N2O3S/c1-23-15-3-2-11(18)5-14(15)16-21-13(9-25-16)8-24-17(22)10-4-12(19)7-20-6-10/h2-7,9H,8H2,1H3. The van der Waals surface area contributed by atoms with E-state index in [1.807, 2.05) is 23.6 Å². The Hall–Kier alpha value is -1.77. The maximum Gasteiger partial charge on any atom is 0.340 e. The predicted molar refractivity (Wildman–Crippen MR) is 103 cm³/mol. The van der Waals surface area contributed by atoms with Gasteiger partial charge in [-0.1, -0.05) is 15.9 Å². The number of esters is 1. The summed E-state index contributed by atoms with van der Waals surface area (Å²) in [6, 6.07) is 7.39. The fraction of sp³-hybridized carbons (Fsp3) is 0.118. The predicted octanol–water partition coefficient (Wildman–Crippen LogP) is 5.10. The zero-order chi connectivity index (χ0) is 17.8. The number of hydrogen-bond acceptors (Lipinski definition) is 6. The first kappa shape index (κ1) is 18.0. The van der Waals surface area contributed by atoms with Crippen LogP contribution in [0, 0.1) is 0 Å². The molecule has 3 aromatic rings. The number of benzene rings is 1. The van der Waals surface area contributed by atoms with Gasteiger partial charge in [0.2, 0.25) is 0 Å². The third kappa shape index (κ3) is 4.45. The Bertz CT molecular complexity index is 914. The molecule has 0 unspecified atom stereocenters. The third-order valence-corrected chi connectivity index (χ3v) is 5.09. The van der Waals surface area contributed by atoms with Crippen molar-refractivity contribution in [3.63, 3.8) is 0 Å². The number of rotatable bonds is 5. The van der Waals surface area contributed by atoms with Gasteiger partial charge >= 0.3 is 5.97 Å². The number of aromatic nitrogens is 2. The SMILES string of the molecule is COc1ccc(Br)cc1-c1nc(COC(=O)c2cncc(Br)c2)cs1. The molecule has 0 saturated carbocycles. The quantitative estimate of drug-likeness (QED) is 0.472. The molecule has 0 N–H and O–H groups in total. The lowest BCUT2D eigenvalue weighted by molar-refractivity contribution is 0.0468. The van der Waals surface area contributed by atoms with Crippen LogP contribution in [0.1, 0.15) is 16.1 Å². The van der Waals surface area contributed by atoms with E-state index in [-0.39, 0.29) is 6.61 Å². The molecular weight excluding hydrogens is 472 g/mol. The van der Waals surface area contributed by atoms with Crippen LogP contribution in [-0.2, 0) is 11.3 Å². The summed E-state index contributed by atoms with van der Waals surface area (Å²) < 4.78 is 12.3. The summed E-state index contributed by atoms with van der Waals surface area (Å²) in [4.78, 5) is 20.5. The normalized spacial score (nSPS) is 10.5. The summed E-state index contributed by atoms with van der Waals surface area (Å²) in [5.74, 6) is 0.296. The van der Waals surface area contributed by atoms with E-state index in [0.717, 1.165) is 25.3 Å². The fourth-order valence-electron chi connectivity index (χ4n) is 2.09. The van der Waals surface area contributed by atoms with Gasteiger partial charge in [0, 0.05) is 26.7 Å². The average molecular weight is 484 g/mol. The van der Waals surface area contributed by atoms with Crippen molar-refractivity contribution in [1.29, 1.82) is 0 Å². The van der Waals surface area contributed by atoms with Gasteiger partial charge in [-0.3, -0.25) is 4.98 Å². The van der Waals surface area contributed by atoms with Crippen LogP contribution in [0.25, 0.3) is 10.6 Å². The van der Waals surface area contributed by atoms with E-state index >= 15 is 0 Å². The van der Waals surface area contributed by atoms with Crippen molar-refractivity contribution in [3.8, 4) is 16.3 Å². The Morgan fingerprint density at radius 2 is 2.04 bits per heavy atom. The van der Waals surface area contributed by atoms with E-state index in [1.54, 1.807) is 19.4 Å². The summed E-state index contributed by atoms with van der Waals surface area (Å²) >= 11 is 8.20. The molecule has 0 saturated heterocycles. The highest BCUT2D eigenvalue weighted by atomic mass is 79.9. The Balaban J connectivity index is 1.72. The molecule has 0 aliphatic carbocycles. The lowest BCUT2D eigenvalue weighted by Gasteiger charge is -2.06. The van der Waals surface area contributed by atoms with Crippen molar-refractivity contribution in [2.45, 2.75) is 6.61 Å². The molecule has 25 heavy (non-hydrogen) atoms. The molecule has 5 nitrogen and oxygen atoms in total. The molecule has 1 aromatic carbocycles. The minimum absolute atomic E-state index is 0.0954. The van der Waals surface area contributed by atoms with Crippen LogP contribution in [0.4, 0.5) is 0 Å². The van der Waals surface area contributed by atoms with Crippen LogP contribution in [0.5, 0.6) is 5.75 Å². The number of carbonyl (C=O) groups is 1. The van der Waals surface area contributed by atoms with Gasteiger partial charge in [-0.05, 0) is 40.2 Å². The lowest BCUT2D eigenvalue weighted by atomic mass is 10.2. The number of thiazole rings is 1. The van der Waals surface area contributed by atoms with Crippen LogP contribution in [-0.4, -0.2) is 23.0 Å². The van der Waals surface area contributed by atoms with Gasteiger partial charge < -0.3 is 9.47 Å². The molecule has 0 aliphatic heterocycles. The molecule has 128 valence electrons. The number of methoxy groups -OCH3 is 1. The summed E-state index contributed by atoms with van der Waals surface area (Å²) in [7, 11) is 1.62. The first-order valence-corrected chi connectivity index (χ1v) is 9.59. The molecule has 0 bridgehead atoms. The van der Waals surface area contributed by atoms with Crippen LogP contribution < -0.4 is 4.74 Å². The highest BCUT2D eigenvalue weighted by Crippen LogP contribution is 2.34. The first-order chi connectivity index (χ1) is 12.1. The second kappa shape index (κ2) is 8.07. The molecule has 2 aromatic heterocycles. The molecule has 0 radical (unpaired) electrons. The minimum atomic E-state index is -0.441. The summed E-state index contributed by atoms with van der Waals surface area (Å²) in [6.07, 6.45) is 3.07. The average Bonchev–Trinajstić information content (AvgIpc) is 3.08. The summed E-state index contributed by atoms with van der Waals surface area (Å²) in [5, 5.41) is 2.66. The second-order valence-electron chi connectivity index (χ2n) is 4.96. The van der Waals surface area contributed by atoms with Crippen molar-refractivity contribution in [3.05, 3.63) is 62.2 Å². The Morgan fingerprint density at radius 1 is 1.20 bits per heavy atom. The van der Waals surface area contributed by atoms with Gasteiger partial charge in [-0.2, -0.15) is 0 Å². The zero-order valence-corrected chi connectivity index (χ0v) is 17.0. The Morgan fingerprint density at radius 3 is 2.80 bits per heavy atom. The van der Waals surface area contributed by atoms with Gasteiger partial charge in [-0.25, -0.2) is 9.78 Å². The molecule has 0 fully saturated rings. The molecule has 0 spiro atoms. The van der Waals surface area contributed by atoms with Crippen LogP contribution in [0.3, 0.4) is 0 Å². The molecule has 3 rings (SSSR count). The molecule has 2 heterocycles. The largest absolute Gasteiger partial charge is 0.496 e. The number of hydrogen-bond donors (Lipinski definition) is 0. The smallest absolute Gasteiger partial charge is 0.340 e. The Kier molecular flexibility index (Phi) is 5.82. The van der Waals surface area contributed by atoms with E-state index in [0.29, 0.717) is 11.3 Å². The number of pyridine rings is 1. The van der Waals surface area contributed by atoms with Gasteiger partial charge in [0.1, 0.15) is 17.4 Å². The van der Waals surface area contributed by atoms with Crippen molar-refractivity contribution < 1.29 is 14.3 Å². The van der Waals surface area contributed by atoms with Crippen LogP contribution in [0.15, 0.2) is 51.0 Å². The highest BCUT2D eigenvalue weighted by Gasteiger charge is 2.13. The number of ether oxygens (including phenoxy) is 2. The lowest BCUT2D eigenvalue weighted by Crippen LogP contribution is -2.05. The topological polar surface area (TPSA) is 61.3 Å². The maximum absolute atomic E-state index is 12.1. The van der Waals surface area contributed by atoms with Crippen molar-refractivity contribution in [1.82, 2.24) is 9.97 Å². The van der Waals surface area contributed by atoms with Gasteiger partial charge in [0.05, 0.1) is 23.9 Å². The van der Waals surface area contributed by atoms with Gasteiger partial charge in [0.25, 0.3) is 0 Å². The van der Waals surface area contributed by atoms with E-state index in [4.69, 9.17) is 9.47 Å². The van der Waals surface area contributed by atoms with Crippen molar-refractivity contribution >= 4 is 49.2 Å². The third-order valence-electron chi connectivity index (χ3n) is 3.24. The first-order valence-electron chi connectivity index (χ1n) is 7.13. The van der Waals surface area contributed by atoms with E-state index in [9.17, 15) is 4.79 Å². The monoisotopic (exact) mass is 482 g/mol. The Labute approximate surface area is 165 Å². The van der Waals surface area contributed by atoms with E-state index < -0.39 is 5.97 Å². The molecule has 0 aliphatic rings. The molecule has 0 atom stereocenters. The van der Waals surface area contributed by atoms with Crippen molar-refractivity contribution in [2.24, 2.45) is 0 Å². The van der Waals surface area contributed by atoms with Crippen LogP contribution in [0.2, 0.25) is 0 Å². The summed E-state index contributed by atoms with van der Waals surface area (Å²) in [5.41, 5.74) is 1.95. The second-order valence-corrected chi connectivity index (χ2v) is 7.65. The van der Waals surface area contributed by atoms with E-state index in [2.05, 4.69) is 41.8 Å². The van der Waals surface area contributed by atoms with Gasteiger partial charge in [0.15, 0.2) is 0 Å². The molecule has 0 amide bonds. The molecular formula is C17H12Br2N2O3S. The highest BCUT2D eigenvalue weighted by molar-refractivity contribution is 9.10. The molecule has 8 heteroatoms. The zero-order valence-electron chi connectivity index (χ0n) is 13.0. The fourth-order valence-corrected chi connectivity index (χ4v) is 3.64. The summed E-state index contributed by atoms with van der Waals surface area (Å²) in [6.45, 7) is 0.0954. The number of halogens is 2. The van der Waals surface area contributed by atoms with E-state index in [1.165, 1.54) is 17.5 Å².